The molecule has 0 aromatic heterocycles. The van der Waals surface area contributed by atoms with E-state index in [1.807, 2.05) is 54.6 Å². The second-order valence-electron chi connectivity index (χ2n) is 7.80. The summed E-state index contributed by atoms with van der Waals surface area (Å²) in [6.45, 7) is 2.11. The molecule has 0 fully saturated rings. The number of benzene rings is 3. The van der Waals surface area contributed by atoms with Crippen molar-refractivity contribution in [2.75, 3.05) is 17.2 Å². The number of hydrogen-bond acceptors (Lipinski definition) is 4. The van der Waals surface area contributed by atoms with Crippen molar-refractivity contribution in [3.8, 4) is 11.1 Å². The molecular weight excluding hydrogens is 404 g/mol. The van der Waals surface area contributed by atoms with Gasteiger partial charge in [0.25, 0.3) is 0 Å². The summed E-state index contributed by atoms with van der Waals surface area (Å²) in [5.74, 6) is -0.346. The number of carbonyl (C=O) groups is 2. The number of aliphatic hydroxyl groups excluding tert-OH is 1. The highest BCUT2D eigenvalue weighted by atomic mass is 16.5. The molecule has 3 aromatic rings. The molecule has 1 aliphatic carbocycles. The summed E-state index contributed by atoms with van der Waals surface area (Å²) in [4.78, 5) is 24.5. The number of carbonyl (C=O) groups excluding carboxylic acids is 2. The number of rotatable bonds is 5. The molecule has 0 aliphatic heterocycles. The van der Waals surface area contributed by atoms with E-state index in [1.165, 1.54) is 5.56 Å². The van der Waals surface area contributed by atoms with Crippen molar-refractivity contribution in [3.05, 3.63) is 83.4 Å². The molecule has 6 heteroatoms. The number of anilines is 2. The van der Waals surface area contributed by atoms with Crippen molar-refractivity contribution in [2.24, 2.45) is 0 Å². The van der Waals surface area contributed by atoms with Crippen LogP contribution in [0.3, 0.4) is 0 Å². The van der Waals surface area contributed by atoms with Crippen molar-refractivity contribution in [1.29, 1.82) is 0 Å². The smallest absolute Gasteiger partial charge is 0.338 e. The van der Waals surface area contributed by atoms with Gasteiger partial charge in [0.2, 0.25) is 0 Å². The molecule has 0 radical (unpaired) electrons. The summed E-state index contributed by atoms with van der Waals surface area (Å²) in [6, 6.07) is 20.2. The van der Waals surface area contributed by atoms with Crippen LogP contribution in [-0.4, -0.2) is 29.8 Å². The minimum Gasteiger partial charge on any atom is -0.462 e. The molecule has 3 aromatic carbocycles. The third-order valence-corrected chi connectivity index (χ3v) is 5.56. The first-order valence-electron chi connectivity index (χ1n) is 10.8. The molecule has 3 N–H and O–H groups in total. The van der Waals surface area contributed by atoms with Crippen LogP contribution in [0.5, 0.6) is 0 Å². The van der Waals surface area contributed by atoms with Crippen LogP contribution in [0.2, 0.25) is 0 Å². The van der Waals surface area contributed by atoms with Gasteiger partial charge in [-0.05, 0) is 72.4 Å². The Balaban J connectivity index is 1.46. The number of aliphatic hydroxyl groups is 1. The number of amides is 2. The molecule has 32 heavy (non-hydrogen) atoms. The summed E-state index contributed by atoms with van der Waals surface area (Å²) >= 11 is 0. The standard InChI is InChI=1S/C26H26N2O4/c1-2-32-25(30)19-11-9-17(10-12-19)20-6-3-7-21(15-20)27-26(31)28-24-8-4-5-18-13-14-22(29)16-23(18)24/h3-12,15,22,29H,2,13-14,16H2,1H3,(H2,27,28,31). The van der Waals surface area contributed by atoms with E-state index in [0.29, 0.717) is 24.3 Å². The zero-order valence-corrected chi connectivity index (χ0v) is 17.9. The molecule has 164 valence electrons. The molecule has 1 unspecified atom stereocenters. The summed E-state index contributed by atoms with van der Waals surface area (Å²) < 4.78 is 5.02. The van der Waals surface area contributed by atoms with Crippen molar-refractivity contribution in [3.63, 3.8) is 0 Å². The van der Waals surface area contributed by atoms with Gasteiger partial charge in [-0.1, -0.05) is 36.4 Å². The lowest BCUT2D eigenvalue weighted by Gasteiger charge is -2.23. The predicted molar refractivity (Wildman–Crippen MR) is 125 cm³/mol. The van der Waals surface area contributed by atoms with Crippen LogP contribution in [0.15, 0.2) is 66.7 Å². The van der Waals surface area contributed by atoms with E-state index in [4.69, 9.17) is 4.74 Å². The van der Waals surface area contributed by atoms with Crippen LogP contribution >= 0.6 is 0 Å². The van der Waals surface area contributed by atoms with Crippen LogP contribution < -0.4 is 10.6 Å². The van der Waals surface area contributed by atoms with Crippen LogP contribution in [0.1, 0.15) is 34.8 Å². The summed E-state index contributed by atoms with van der Waals surface area (Å²) in [5.41, 5.74) is 5.88. The zero-order valence-electron chi connectivity index (χ0n) is 17.9. The van der Waals surface area contributed by atoms with Crippen LogP contribution in [0.4, 0.5) is 16.2 Å². The van der Waals surface area contributed by atoms with Crippen molar-refractivity contribution >= 4 is 23.4 Å². The van der Waals surface area contributed by atoms with Crippen LogP contribution in [0.25, 0.3) is 11.1 Å². The topological polar surface area (TPSA) is 87.7 Å². The second kappa shape index (κ2) is 9.66. The predicted octanol–water partition coefficient (Wildman–Crippen LogP) is 5.02. The van der Waals surface area contributed by atoms with Gasteiger partial charge in [0.05, 0.1) is 18.3 Å². The Morgan fingerprint density at radius 1 is 1.00 bits per heavy atom. The Kier molecular flexibility index (Phi) is 6.52. The normalized spacial score (nSPS) is 14.9. The average Bonchev–Trinajstić information content (AvgIpc) is 2.80. The molecule has 0 heterocycles. The lowest BCUT2D eigenvalue weighted by molar-refractivity contribution is 0.0526. The number of urea groups is 1. The molecule has 4 rings (SSSR count). The Bertz CT molecular complexity index is 1120. The number of esters is 1. The molecule has 0 bridgehead atoms. The molecule has 0 saturated heterocycles. The molecule has 2 amide bonds. The van der Waals surface area contributed by atoms with Gasteiger partial charge in [-0.3, -0.25) is 0 Å². The third kappa shape index (κ3) is 4.98. The van der Waals surface area contributed by atoms with Gasteiger partial charge in [0, 0.05) is 17.8 Å². The van der Waals surface area contributed by atoms with Gasteiger partial charge < -0.3 is 20.5 Å². The van der Waals surface area contributed by atoms with Gasteiger partial charge in [-0.2, -0.15) is 0 Å². The maximum Gasteiger partial charge on any atom is 0.338 e. The first-order valence-corrected chi connectivity index (χ1v) is 10.8. The Hall–Kier alpha value is -3.64. The summed E-state index contributed by atoms with van der Waals surface area (Å²) in [6.07, 6.45) is 1.73. The Morgan fingerprint density at radius 3 is 2.56 bits per heavy atom. The highest BCUT2D eigenvalue weighted by Crippen LogP contribution is 2.28. The highest BCUT2D eigenvalue weighted by molar-refractivity contribution is 6.00. The first-order chi connectivity index (χ1) is 15.5. The Labute approximate surface area is 187 Å². The number of fused-ring (bicyclic) bond motifs is 1. The fourth-order valence-corrected chi connectivity index (χ4v) is 3.96. The monoisotopic (exact) mass is 430 g/mol. The van der Waals surface area contributed by atoms with Gasteiger partial charge in [0.1, 0.15) is 0 Å². The summed E-state index contributed by atoms with van der Waals surface area (Å²) in [7, 11) is 0. The fraction of sp³-hybridized carbons (Fsp3) is 0.231. The van der Waals surface area contributed by atoms with Crippen molar-refractivity contribution < 1.29 is 19.4 Å². The van der Waals surface area contributed by atoms with Gasteiger partial charge in [-0.25, -0.2) is 9.59 Å². The van der Waals surface area contributed by atoms with Crippen molar-refractivity contribution in [1.82, 2.24) is 0 Å². The zero-order chi connectivity index (χ0) is 22.5. The van der Waals surface area contributed by atoms with E-state index >= 15 is 0 Å². The van der Waals surface area contributed by atoms with E-state index in [-0.39, 0.29) is 18.1 Å². The van der Waals surface area contributed by atoms with Gasteiger partial charge in [0.15, 0.2) is 0 Å². The van der Waals surface area contributed by atoms with Crippen molar-refractivity contribution in [2.45, 2.75) is 32.3 Å². The van der Waals surface area contributed by atoms with E-state index in [0.717, 1.165) is 35.2 Å². The van der Waals surface area contributed by atoms with E-state index < -0.39 is 0 Å². The maximum atomic E-state index is 12.6. The first kappa shape index (κ1) is 21.6. The highest BCUT2D eigenvalue weighted by Gasteiger charge is 2.20. The lowest BCUT2D eigenvalue weighted by atomic mass is 9.88. The average molecular weight is 431 g/mol. The molecule has 1 atom stereocenters. The quantitative estimate of drug-likeness (QED) is 0.496. The van der Waals surface area contributed by atoms with Gasteiger partial charge in [-0.15, -0.1) is 0 Å². The van der Waals surface area contributed by atoms with E-state index in [1.54, 1.807) is 19.1 Å². The third-order valence-electron chi connectivity index (χ3n) is 5.56. The number of hydrogen-bond donors (Lipinski definition) is 3. The van der Waals surface area contributed by atoms with Crippen LogP contribution in [-0.2, 0) is 17.6 Å². The number of nitrogens with one attached hydrogen (secondary N) is 2. The fourth-order valence-electron chi connectivity index (χ4n) is 3.96. The maximum absolute atomic E-state index is 12.6. The lowest BCUT2D eigenvalue weighted by Crippen LogP contribution is -2.24. The molecule has 1 aliphatic rings. The Morgan fingerprint density at radius 2 is 1.78 bits per heavy atom. The molecule has 6 nitrogen and oxygen atoms in total. The second-order valence-corrected chi connectivity index (χ2v) is 7.80. The SMILES string of the molecule is CCOC(=O)c1ccc(-c2cccc(NC(=O)Nc3cccc4c3CC(O)CC4)c2)cc1. The van der Waals surface area contributed by atoms with Crippen LogP contribution in [0, 0.1) is 0 Å². The van der Waals surface area contributed by atoms with E-state index in [9.17, 15) is 14.7 Å². The number of ether oxygens (including phenoxy) is 1. The molecular formula is C26H26N2O4. The number of aryl methyl sites for hydroxylation is 1. The minimum atomic E-state index is -0.375. The largest absolute Gasteiger partial charge is 0.462 e. The van der Waals surface area contributed by atoms with E-state index in [2.05, 4.69) is 10.6 Å². The molecule has 0 spiro atoms. The van der Waals surface area contributed by atoms with Gasteiger partial charge >= 0.3 is 12.0 Å². The molecule has 0 saturated carbocycles. The summed E-state index contributed by atoms with van der Waals surface area (Å²) in [5, 5.41) is 15.8. The minimum absolute atomic E-state index is 0.336.